The zero-order valence-corrected chi connectivity index (χ0v) is 19.4. The van der Waals surface area contributed by atoms with Gasteiger partial charge in [-0.1, -0.05) is 37.5 Å². The van der Waals surface area contributed by atoms with Gasteiger partial charge >= 0.3 is 29.6 Å². The second-order valence-electron chi connectivity index (χ2n) is 7.96. The van der Waals surface area contributed by atoms with Gasteiger partial charge < -0.3 is 19.4 Å². The van der Waals surface area contributed by atoms with Crippen LogP contribution in [0.1, 0.15) is 76.4 Å². The van der Waals surface area contributed by atoms with Crippen molar-refractivity contribution in [2.45, 2.75) is 70.8 Å². The van der Waals surface area contributed by atoms with Gasteiger partial charge in [-0.3, -0.25) is 0 Å². The van der Waals surface area contributed by atoms with Crippen LogP contribution >= 0.6 is 0 Å². The third-order valence-electron chi connectivity index (χ3n) is 5.93. The van der Waals surface area contributed by atoms with Crippen molar-refractivity contribution in [3.05, 3.63) is 41.5 Å². The molecule has 1 aromatic rings. The summed E-state index contributed by atoms with van der Waals surface area (Å²) >= 11 is 0. The van der Waals surface area contributed by atoms with E-state index in [2.05, 4.69) is 6.08 Å². The standard InChI is InChI=1S/C23H32O4.Na/c1-2-26-21(15-22(24)25)19-8-10-20(11-9-19)27-17-18-7-6-14-23(16-18)12-4-3-5-13-23;/h8-11,16,21H,2-7,12-15,17H2,1H3,(H,24,25);/q;+1/p-1. The topological polar surface area (TPSA) is 58.6 Å². The van der Waals surface area contributed by atoms with E-state index in [1.54, 1.807) is 0 Å². The quantitative estimate of drug-likeness (QED) is 0.493. The first-order chi connectivity index (χ1) is 13.1. The van der Waals surface area contributed by atoms with Crippen LogP contribution in [0.15, 0.2) is 35.9 Å². The van der Waals surface area contributed by atoms with Crippen molar-refractivity contribution in [2.75, 3.05) is 13.2 Å². The van der Waals surface area contributed by atoms with Crippen LogP contribution in [0.2, 0.25) is 0 Å². The van der Waals surface area contributed by atoms with E-state index in [1.807, 2.05) is 31.2 Å². The fourth-order valence-corrected chi connectivity index (χ4v) is 4.59. The van der Waals surface area contributed by atoms with E-state index in [1.165, 1.54) is 50.5 Å². The van der Waals surface area contributed by atoms with Crippen LogP contribution < -0.4 is 39.4 Å². The molecule has 28 heavy (non-hydrogen) atoms. The molecule has 4 nitrogen and oxygen atoms in total. The number of carbonyl (C=O) groups is 1. The molecule has 1 saturated carbocycles. The summed E-state index contributed by atoms with van der Waals surface area (Å²) in [5.74, 6) is -0.290. The maximum Gasteiger partial charge on any atom is 1.00 e. The largest absolute Gasteiger partial charge is 1.00 e. The van der Waals surface area contributed by atoms with Crippen molar-refractivity contribution in [1.82, 2.24) is 0 Å². The van der Waals surface area contributed by atoms with Crippen LogP contribution in [0.5, 0.6) is 5.75 Å². The molecule has 148 valence electrons. The Kier molecular flexibility index (Phi) is 9.55. The predicted molar refractivity (Wildman–Crippen MR) is 103 cm³/mol. The van der Waals surface area contributed by atoms with Gasteiger partial charge in [0.2, 0.25) is 0 Å². The number of aliphatic carboxylic acids is 1. The van der Waals surface area contributed by atoms with Gasteiger partial charge in [-0.2, -0.15) is 0 Å². The van der Waals surface area contributed by atoms with Crippen LogP contribution in [0.4, 0.5) is 0 Å². The summed E-state index contributed by atoms with van der Waals surface area (Å²) in [4.78, 5) is 10.9. The number of carbonyl (C=O) groups excluding carboxylic acids is 1. The molecule has 2 aliphatic carbocycles. The molecule has 0 heterocycles. The summed E-state index contributed by atoms with van der Waals surface area (Å²) in [6.45, 7) is 2.97. The Morgan fingerprint density at radius 1 is 1.11 bits per heavy atom. The molecule has 2 aliphatic rings. The second kappa shape index (κ2) is 11.4. The number of ether oxygens (including phenoxy) is 2. The van der Waals surface area contributed by atoms with E-state index in [-0.39, 0.29) is 36.0 Å². The molecule has 1 unspecified atom stereocenters. The van der Waals surface area contributed by atoms with Crippen LogP contribution in [0, 0.1) is 5.41 Å². The summed E-state index contributed by atoms with van der Waals surface area (Å²) < 4.78 is 11.5. The molecule has 1 spiro atoms. The molecule has 0 radical (unpaired) electrons. The Morgan fingerprint density at radius 3 is 2.43 bits per heavy atom. The van der Waals surface area contributed by atoms with Crippen molar-refractivity contribution in [1.29, 1.82) is 0 Å². The number of benzene rings is 1. The first-order valence-electron chi connectivity index (χ1n) is 10.3. The molecule has 0 saturated heterocycles. The third-order valence-corrected chi connectivity index (χ3v) is 5.93. The molecule has 0 aliphatic heterocycles. The van der Waals surface area contributed by atoms with Crippen molar-refractivity contribution < 1.29 is 48.9 Å². The summed E-state index contributed by atoms with van der Waals surface area (Å²) in [7, 11) is 0. The molecule has 1 aromatic carbocycles. The Hall–Kier alpha value is -0.810. The second-order valence-corrected chi connectivity index (χ2v) is 7.96. The molecule has 5 heteroatoms. The van der Waals surface area contributed by atoms with Gasteiger partial charge in [-0.25, -0.2) is 0 Å². The van der Waals surface area contributed by atoms with E-state index in [9.17, 15) is 9.90 Å². The van der Waals surface area contributed by atoms with Crippen molar-refractivity contribution in [3.63, 3.8) is 0 Å². The van der Waals surface area contributed by atoms with Gasteiger partial charge in [-0.15, -0.1) is 0 Å². The molecular formula is C23H31NaO4. The number of allylic oxidation sites excluding steroid dienone is 1. The zero-order valence-electron chi connectivity index (χ0n) is 17.4. The maximum atomic E-state index is 10.9. The van der Waals surface area contributed by atoms with E-state index in [0.717, 1.165) is 17.7 Å². The third kappa shape index (κ3) is 6.62. The predicted octanol–water partition coefficient (Wildman–Crippen LogP) is 1.35. The Balaban J connectivity index is 0.00000280. The zero-order chi connectivity index (χ0) is 19.1. The SMILES string of the molecule is CCOC(CC(=O)[O-])c1ccc(OCC2=CC3(CCCCC3)CCC2)cc1.[Na+]. The van der Waals surface area contributed by atoms with E-state index >= 15 is 0 Å². The van der Waals surface area contributed by atoms with Crippen LogP contribution in [-0.2, 0) is 9.53 Å². The van der Waals surface area contributed by atoms with E-state index in [4.69, 9.17) is 9.47 Å². The van der Waals surface area contributed by atoms with Crippen molar-refractivity contribution in [2.24, 2.45) is 5.41 Å². The van der Waals surface area contributed by atoms with Crippen LogP contribution in [-0.4, -0.2) is 19.2 Å². The first kappa shape index (κ1) is 23.5. The number of hydrogen-bond acceptors (Lipinski definition) is 4. The van der Waals surface area contributed by atoms with Gasteiger partial charge in [-0.05, 0) is 67.7 Å². The van der Waals surface area contributed by atoms with E-state index < -0.39 is 12.1 Å². The average Bonchev–Trinajstić information content (AvgIpc) is 2.67. The van der Waals surface area contributed by atoms with Gasteiger partial charge in [0.25, 0.3) is 0 Å². The number of rotatable bonds is 8. The Labute approximate surface area is 191 Å². The average molecular weight is 394 g/mol. The minimum atomic E-state index is -1.10. The van der Waals surface area contributed by atoms with E-state index in [0.29, 0.717) is 18.6 Å². The normalized spacial score (nSPS) is 19.4. The molecule has 0 amide bonds. The molecule has 3 rings (SSSR count). The molecule has 0 aromatic heterocycles. The molecule has 1 atom stereocenters. The Bertz CT molecular complexity index is 647. The minimum Gasteiger partial charge on any atom is -0.550 e. The van der Waals surface area contributed by atoms with Crippen molar-refractivity contribution >= 4 is 5.97 Å². The number of hydrogen-bond donors (Lipinski definition) is 0. The first-order valence-corrected chi connectivity index (χ1v) is 10.3. The maximum absolute atomic E-state index is 10.9. The molecule has 0 bridgehead atoms. The Morgan fingerprint density at radius 2 is 1.79 bits per heavy atom. The smallest absolute Gasteiger partial charge is 0.550 e. The van der Waals surface area contributed by atoms with Gasteiger partial charge in [0.1, 0.15) is 12.4 Å². The fourth-order valence-electron chi connectivity index (χ4n) is 4.59. The molecule has 1 fully saturated rings. The fraction of sp³-hybridized carbons (Fsp3) is 0.609. The molecular weight excluding hydrogens is 363 g/mol. The summed E-state index contributed by atoms with van der Waals surface area (Å²) in [5.41, 5.74) is 2.71. The van der Waals surface area contributed by atoms with Gasteiger partial charge in [0, 0.05) is 19.0 Å². The van der Waals surface area contributed by atoms with Crippen LogP contribution in [0.25, 0.3) is 0 Å². The monoisotopic (exact) mass is 394 g/mol. The van der Waals surface area contributed by atoms with Gasteiger partial charge in [0.05, 0.1) is 6.10 Å². The minimum absolute atomic E-state index is 0. The number of carboxylic acids is 1. The summed E-state index contributed by atoms with van der Waals surface area (Å²) in [6.07, 6.45) is 12.4. The number of carboxylic acid groups (broad SMARTS) is 1. The van der Waals surface area contributed by atoms with Crippen LogP contribution in [0.3, 0.4) is 0 Å². The molecule has 0 N–H and O–H groups in total. The summed E-state index contributed by atoms with van der Waals surface area (Å²) in [5, 5.41) is 10.9. The summed E-state index contributed by atoms with van der Waals surface area (Å²) in [6, 6.07) is 7.57. The van der Waals surface area contributed by atoms with Gasteiger partial charge in [0.15, 0.2) is 0 Å². The van der Waals surface area contributed by atoms with Crippen molar-refractivity contribution in [3.8, 4) is 5.75 Å².